The van der Waals surface area contributed by atoms with Gasteiger partial charge in [-0.05, 0) is 38.5 Å². The maximum atomic E-state index is 13.0. The van der Waals surface area contributed by atoms with Crippen LogP contribution in [0.1, 0.15) is 290 Å². The summed E-state index contributed by atoms with van der Waals surface area (Å²) in [6.45, 7) is 4.76. The molecule has 1 amide bonds. The predicted octanol–water partition coefficient (Wildman–Crippen LogP) is 16.4. The fourth-order valence-electron chi connectivity index (χ4n) is 8.74. The lowest BCUT2D eigenvalue weighted by molar-refractivity contribution is -0.870. The summed E-state index contributed by atoms with van der Waals surface area (Å²) in [4.78, 5) is 25.5. The summed E-state index contributed by atoms with van der Waals surface area (Å²) >= 11 is 0. The largest absolute Gasteiger partial charge is 0.756 e. The second-order valence-electron chi connectivity index (χ2n) is 21.0. The first-order valence-corrected chi connectivity index (χ1v) is 30.0. The summed E-state index contributed by atoms with van der Waals surface area (Å²) in [5.74, 6) is -0.159. The molecule has 0 aliphatic rings. The van der Waals surface area contributed by atoms with Gasteiger partial charge < -0.3 is 28.8 Å². The van der Waals surface area contributed by atoms with Crippen LogP contribution in [0.15, 0.2) is 12.2 Å². The maximum absolute atomic E-state index is 13.0. The summed E-state index contributed by atoms with van der Waals surface area (Å²) in [6, 6.07) is -0.797. The molecule has 0 aromatic rings. The van der Waals surface area contributed by atoms with E-state index in [1.54, 1.807) is 0 Å². The number of aliphatic hydroxyl groups excluding tert-OH is 1. The molecule has 0 bridgehead atoms. The van der Waals surface area contributed by atoms with Crippen molar-refractivity contribution in [3.63, 3.8) is 0 Å². The van der Waals surface area contributed by atoms with Crippen LogP contribution < -0.4 is 10.2 Å². The van der Waals surface area contributed by atoms with E-state index in [1.165, 1.54) is 225 Å². The molecule has 0 spiro atoms. The number of likely N-dealkylation sites (N-methyl/N-ethyl adjacent to an activating group) is 1. The molecular weight excluding hydrogens is 828 g/mol. The van der Waals surface area contributed by atoms with Crippen molar-refractivity contribution >= 4 is 13.7 Å². The Bertz CT molecular complexity index is 1070. The van der Waals surface area contributed by atoms with Crippen molar-refractivity contribution in [2.45, 2.75) is 302 Å². The van der Waals surface area contributed by atoms with Crippen LogP contribution in [-0.2, 0) is 18.4 Å². The number of allylic oxidation sites excluding steroid dienone is 2. The molecule has 0 aromatic carbocycles. The van der Waals surface area contributed by atoms with Gasteiger partial charge in [-0.1, -0.05) is 257 Å². The monoisotopic (exact) mass is 941 g/mol. The quantitative estimate of drug-likeness (QED) is 0.0272. The fraction of sp³-hybridized carbons (Fsp3) is 0.946. The van der Waals surface area contributed by atoms with E-state index in [-0.39, 0.29) is 19.1 Å². The molecule has 388 valence electrons. The van der Waals surface area contributed by atoms with Crippen LogP contribution in [0.5, 0.6) is 0 Å². The number of rotatable bonds is 53. The third-order valence-corrected chi connectivity index (χ3v) is 14.2. The van der Waals surface area contributed by atoms with E-state index in [0.717, 1.165) is 38.5 Å². The Balaban J connectivity index is 4.09. The van der Waals surface area contributed by atoms with Crippen LogP contribution in [0.3, 0.4) is 0 Å². The summed E-state index contributed by atoms with van der Waals surface area (Å²) < 4.78 is 23.4. The van der Waals surface area contributed by atoms with Crippen LogP contribution in [0, 0.1) is 0 Å². The van der Waals surface area contributed by atoms with E-state index >= 15 is 0 Å². The van der Waals surface area contributed by atoms with Gasteiger partial charge in [0.2, 0.25) is 5.91 Å². The molecule has 8 nitrogen and oxygen atoms in total. The number of nitrogens with zero attached hydrogens (tertiary/aromatic N) is 1. The van der Waals surface area contributed by atoms with Crippen molar-refractivity contribution in [2.24, 2.45) is 0 Å². The van der Waals surface area contributed by atoms with E-state index < -0.39 is 20.0 Å². The minimum absolute atomic E-state index is 0.0151. The van der Waals surface area contributed by atoms with Gasteiger partial charge in [0.25, 0.3) is 7.82 Å². The number of aliphatic hydroxyl groups is 1. The number of nitrogens with one attached hydrogen (secondary N) is 1. The molecule has 3 unspecified atom stereocenters. The predicted molar refractivity (Wildman–Crippen MR) is 279 cm³/mol. The van der Waals surface area contributed by atoms with E-state index in [9.17, 15) is 19.4 Å². The van der Waals surface area contributed by atoms with E-state index in [0.29, 0.717) is 23.9 Å². The highest BCUT2D eigenvalue weighted by Gasteiger charge is 2.24. The average molecular weight is 942 g/mol. The SMILES string of the molecule is CCCCCCCCCC/C=C\CCCCCCCCCCCCCCCCCC(=O)NC(COP(=O)([O-])OCC[N+](C)(C)C)C(O)CCCCCCCCCCCCCCCCCC. The Morgan fingerprint density at radius 3 is 1.20 bits per heavy atom. The molecule has 3 atom stereocenters. The van der Waals surface area contributed by atoms with Crippen LogP contribution in [0.4, 0.5) is 0 Å². The molecule has 9 heteroatoms. The lowest BCUT2D eigenvalue weighted by Gasteiger charge is -2.30. The second kappa shape index (κ2) is 48.3. The number of carbonyl (C=O) groups is 1. The fourth-order valence-corrected chi connectivity index (χ4v) is 9.47. The topological polar surface area (TPSA) is 108 Å². The molecule has 0 aromatic heterocycles. The van der Waals surface area contributed by atoms with Gasteiger partial charge in [-0.25, -0.2) is 0 Å². The van der Waals surface area contributed by atoms with Gasteiger partial charge in [-0.2, -0.15) is 0 Å². The first-order chi connectivity index (χ1) is 31.5. The lowest BCUT2D eigenvalue weighted by atomic mass is 10.0. The Morgan fingerprint density at radius 1 is 0.523 bits per heavy atom. The maximum Gasteiger partial charge on any atom is 0.268 e. The zero-order valence-corrected chi connectivity index (χ0v) is 45.1. The van der Waals surface area contributed by atoms with Crippen molar-refractivity contribution in [3.05, 3.63) is 12.2 Å². The number of phosphoric ester groups is 1. The van der Waals surface area contributed by atoms with Gasteiger partial charge in [0.15, 0.2) is 0 Å². The van der Waals surface area contributed by atoms with Crippen LogP contribution in [0.2, 0.25) is 0 Å². The highest BCUT2D eigenvalue weighted by molar-refractivity contribution is 7.45. The minimum Gasteiger partial charge on any atom is -0.756 e. The zero-order chi connectivity index (χ0) is 47.8. The third-order valence-electron chi connectivity index (χ3n) is 13.3. The highest BCUT2D eigenvalue weighted by atomic mass is 31.2. The molecule has 2 N–H and O–H groups in total. The third kappa shape index (κ3) is 50.9. The van der Waals surface area contributed by atoms with Crippen molar-refractivity contribution in [3.8, 4) is 0 Å². The molecular formula is C56H113N2O6P. The smallest absolute Gasteiger partial charge is 0.268 e. The number of quaternary nitrogens is 1. The number of unbranched alkanes of at least 4 members (excludes halogenated alkanes) is 38. The molecule has 0 aliphatic carbocycles. The van der Waals surface area contributed by atoms with E-state index in [2.05, 4.69) is 31.3 Å². The highest BCUT2D eigenvalue weighted by Crippen LogP contribution is 2.38. The first kappa shape index (κ1) is 64.2. The molecule has 0 saturated carbocycles. The van der Waals surface area contributed by atoms with Gasteiger partial charge in [0, 0.05) is 6.42 Å². The molecule has 0 fully saturated rings. The normalized spacial score (nSPS) is 14.0. The Morgan fingerprint density at radius 2 is 0.846 bits per heavy atom. The van der Waals surface area contributed by atoms with Crippen molar-refractivity contribution in [1.29, 1.82) is 0 Å². The minimum atomic E-state index is -4.57. The number of amides is 1. The lowest BCUT2D eigenvalue weighted by Crippen LogP contribution is -2.46. The van der Waals surface area contributed by atoms with Gasteiger partial charge >= 0.3 is 0 Å². The summed E-state index contributed by atoms with van der Waals surface area (Å²) in [5.41, 5.74) is 0. The van der Waals surface area contributed by atoms with Gasteiger partial charge in [0.1, 0.15) is 13.2 Å². The van der Waals surface area contributed by atoms with Gasteiger partial charge in [0.05, 0.1) is 39.9 Å². The molecule has 0 saturated heterocycles. The molecule has 0 rings (SSSR count). The zero-order valence-electron chi connectivity index (χ0n) is 44.2. The standard InChI is InChI=1S/C56H113N2O6P/c1-6-8-10-12-14-16-18-20-22-24-25-26-27-28-29-30-31-32-33-34-36-38-40-42-44-46-48-50-56(60)57-54(53-64-65(61,62)63-52-51-58(3,4)5)55(59)49-47-45-43-41-39-37-35-23-21-19-17-15-13-11-9-7-2/h24-25,54-55,59H,6-23,26-53H2,1-5H3,(H-,57,60,61,62)/b25-24-. The van der Waals surface area contributed by atoms with Gasteiger partial charge in [-0.3, -0.25) is 9.36 Å². The Labute approximate surface area is 405 Å². The summed E-state index contributed by atoms with van der Waals surface area (Å²) in [6.07, 6.45) is 58.1. The van der Waals surface area contributed by atoms with Crippen LogP contribution >= 0.6 is 7.82 Å². The first-order valence-electron chi connectivity index (χ1n) is 28.5. The Kier molecular flexibility index (Phi) is 47.7. The number of phosphoric acid groups is 1. The van der Waals surface area contributed by atoms with Crippen molar-refractivity contribution in [2.75, 3.05) is 40.9 Å². The van der Waals surface area contributed by atoms with E-state index in [1.807, 2.05) is 21.1 Å². The number of hydrogen-bond donors (Lipinski definition) is 2. The summed E-state index contributed by atoms with van der Waals surface area (Å²) in [5, 5.41) is 14.0. The van der Waals surface area contributed by atoms with E-state index in [4.69, 9.17) is 9.05 Å². The van der Waals surface area contributed by atoms with Gasteiger partial charge in [-0.15, -0.1) is 0 Å². The Hall–Kier alpha value is -0.760. The molecule has 0 aliphatic heterocycles. The molecule has 0 heterocycles. The average Bonchev–Trinajstić information content (AvgIpc) is 3.26. The number of hydrogen-bond acceptors (Lipinski definition) is 6. The van der Waals surface area contributed by atoms with Crippen LogP contribution in [-0.4, -0.2) is 68.5 Å². The van der Waals surface area contributed by atoms with Crippen LogP contribution in [0.25, 0.3) is 0 Å². The second-order valence-corrected chi connectivity index (χ2v) is 22.4. The molecule has 65 heavy (non-hydrogen) atoms. The van der Waals surface area contributed by atoms with Crippen molar-refractivity contribution < 1.29 is 32.9 Å². The molecule has 0 radical (unpaired) electrons. The summed E-state index contributed by atoms with van der Waals surface area (Å²) in [7, 11) is 1.32. The van der Waals surface area contributed by atoms with Crippen molar-refractivity contribution in [1.82, 2.24) is 5.32 Å². The number of carbonyl (C=O) groups excluding carboxylic acids is 1.